The number of carbonyl (C=O) groups is 2. The number of anilines is 2. The number of nitroso groups, excluding NO2 is 1. The number of allylic oxidation sites excluding steroid dienone is 1. The van der Waals surface area contributed by atoms with E-state index in [2.05, 4.69) is 20.5 Å². The Morgan fingerprint density at radius 3 is 2.62 bits per heavy atom. The van der Waals surface area contributed by atoms with E-state index < -0.39 is 0 Å². The zero-order valence-corrected chi connectivity index (χ0v) is 23.5. The smallest absolute Gasteiger partial charge is 0.276 e. The quantitative estimate of drug-likeness (QED) is 0.231. The van der Waals surface area contributed by atoms with Crippen LogP contribution in [0.4, 0.5) is 11.6 Å². The van der Waals surface area contributed by atoms with Crippen molar-refractivity contribution in [3.63, 3.8) is 0 Å². The Labute approximate surface area is 242 Å². The van der Waals surface area contributed by atoms with Gasteiger partial charge < -0.3 is 16.0 Å². The molecule has 42 heavy (non-hydrogen) atoms. The molecule has 0 radical (unpaired) electrons. The topological polar surface area (TPSA) is 148 Å². The molecule has 1 aromatic carbocycles. The Balaban J connectivity index is 1.40. The van der Waals surface area contributed by atoms with E-state index in [4.69, 9.17) is 10.7 Å². The molecule has 1 aliphatic carbocycles. The number of nitrogens with one attached hydrogen (secondary N) is 1. The van der Waals surface area contributed by atoms with Gasteiger partial charge in [0, 0.05) is 36.3 Å². The molecule has 3 aromatic heterocycles. The first-order valence-corrected chi connectivity index (χ1v) is 14.2. The van der Waals surface area contributed by atoms with Crippen LogP contribution in [0.1, 0.15) is 55.3 Å². The van der Waals surface area contributed by atoms with Crippen LogP contribution in [0.3, 0.4) is 0 Å². The molecule has 1 aliphatic heterocycles. The van der Waals surface area contributed by atoms with Crippen LogP contribution in [-0.4, -0.2) is 42.6 Å². The highest BCUT2D eigenvalue weighted by molar-refractivity contribution is 6.04. The SMILES string of the molecule is CC(C)/C=C(/N=O)C(=O)N1CC2CCCC2[C@H]1c1nc(-c2ccc(C(=O)Nc3ccccn3)cc2)c2c(N)nccn12. The van der Waals surface area contributed by atoms with Crippen molar-refractivity contribution in [1.29, 1.82) is 0 Å². The first-order chi connectivity index (χ1) is 20.4. The molecular formula is C31H32N8O3. The zero-order valence-electron chi connectivity index (χ0n) is 23.5. The normalized spacial score (nSPS) is 20.2. The number of aromatic nitrogens is 4. The zero-order chi connectivity index (χ0) is 29.4. The van der Waals surface area contributed by atoms with Crippen LogP contribution in [-0.2, 0) is 4.79 Å². The maximum absolute atomic E-state index is 13.7. The molecule has 0 bridgehead atoms. The minimum Gasteiger partial charge on any atom is -0.382 e. The molecule has 2 aliphatic rings. The van der Waals surface area contributed by atoms with Gasteiger partial charge in [-0.2, -0.15) is 0 Å². The predicted molar refractivity (Wildman–Crippen MR) is 159 cm³/mol. The third-order valence-electron chi connectivity index (χ3n) is 8.16. The van der Waals surface area contributed by atoms with Crippen LogP contribution >= 0.6 is 0 Å². The lowest BCUT2D eigenvalue weighted by Gasteiger charge is -2.27. The second kappa shape index (κ2) is 11.2. The molecule has 1 saturated carbocycles. The maximum atomic E-state index is 13.7. The van der Waals surface area contributed by atoms with E-state index in [1.54, 1.807) is 59.9 Å². The van der Waals surface area contributed by atoms with Crippen molar-refractivity contribution in [2.24, 2.45) is 22.9 Å². The van der Waals surface area contributed by atoms with E-state index in [-0.39, 0.29) is 35.4 Å². The largest absolute Gasteiger partial charge is 0.382 e. The fourth-order valence-electron chi connectivity index (χ4n) is 6.35. The van der Waals surface area contributed by atoms with Gasteiger partial charge in [0.2, 0.25) is 0 Å². The highest BCUT2D eigenvalue weighted by atomic mass is 16.3. The van der Waals surface area contributed by atoms with E-state index in [1.165, 1.54) is 0 Å². The Morgan fingerprint density at radius 1 is 1.10 bits per heavy atom. The molecule has 4 heterocycles. The molecule has 214 valence electrons. The molecule has 1 saturated heterocycles. The summed E-state index contributed by atoms with van der Waals surface area (Å²) >= 11 is 0. The van der Waals surface area contributed by atoms with Crippen LogP contribution in [0.2, 0.25) is 0 Å². The Hall–Kier alpha value is -4.93. The molecule has 11 heteroatoms. The van der Waals surface area contributed by atoms with Crippen LogP contribution in [0.15, 0.2) is 78.0 Å². The van der Waals surface area contributed by atoms with Crippen LogP contribution in [0.5, 0.6) is 0 Å². The van der Waals surface area contributed by atoms with Crippen molar-refractivity contribution in [3.05, 3.63) is 89.1 Å². The van der Waals surface area contributed by atoms with Gasteiger partial charge >= 0.3 is 0 Å². The third kappa shape index (κ3) is 4.91. The number of hydrogen-bond donors (Lipinski definition) is 2. The molecule has 3 atom stereocenters. The molecule has 4 aromatic rings. The summed E-state index contributed by atoms with van der Waals surface area (Å²) in [6, 6.07) is 12.0. The number of nitrogens with two attached hydrogens (primary N) is 1. The van der Waals surface area contributed by atoms with Gasteiger partial charge in [0.25, 0.3) is 11.8 Å². The predicted octanol–water partition coefficient (Wildman–Crippen LogP) is 5.23. The molecule has 2 amide bonds. The second-order valence-corrected chi connectivity index (χ2v) is 11.2. The molecule has 3 N–H and O–H groups in total. The number of carbonyl (C=O) groups excluding carboxylic acids is 2. The van der Waals surface area contributed by atoms with E-state index in [0.29, 0.717) is 46.7 Å². The van der Waals surface area contributed by atoms with Gasteiger partial charge in [0.15, 0.2) is 5.70 Å². The minimum atomic E-state index is -0.373. The summed E-state index contributed by atoms with van der Waals surface area (Å²) < 4.78 is 1.91. The number of nitrogen functional groups attached to an aromatic ring is 1. The summed E-state index contributed by atoms with van der Waals surface area (Å²) in [6.45, 7) is 4.36. The summed E-state index contributed by atoms with van der Waals surface area (Å²) in [4.78, 5) is 53.5. The van der Waals surface area contributed by atoms with Crippen molar-refractivity contribution < 1.29 is 9.59 Å². The lowest BCUT2D eigenvalue weighted by molar-refractivity contribution is -0.128. The first-order valence-electron chi connectivity index (χ1n) is 14.2. The monoisotopic (exact) mass is 564 g/mol. The number of rotatable bonds is 7. The number of amides is 2. The average Bonchev–Trinajstić information content (AvgIpc) is 3.70. The van der Waals surface area contributed by atoms with E-state index in [0.717, 1.165) is 24.8 Å². The van der Waals surface area contributed by atoms with Crippen molar-refractivity contribution in [2.45, 2.75) is 39.2 Å². The summed E-state index contributed by atoms with van der Waals surface area (Å²) in [5, 5.41) is 5.89. The summed E-state index contributed by atoms with van der Waals surface area (Å²) in [6.07, 6.45) is 9.71. The van der Waals surface area contributed by atoms with Crippen molar-refractivity contribution in [2.75, 3.05) is 17.6 Å². The molecule has 11 nitrogen and oxygen atoms in total. The fourth-order valence-corrected chi connectivity index (χ4v) is 6.35. The van der Waals surface area contributed by atoms with Crippen LogP contribution in [0.25, 0.3) is 16.8 Å². The van der Waals surface area contributed by atoms with Crippen molar-refractivity contribution >= 4 is 29.0 Å². The maximum Gasteiger partial charge on any atom is 0.276 e. The number of nitrogens with zero attached hydrogens (tertiary/aromatic N) is 6. The van der Waals surface area contributed by atoms with Gasteiger partial charge in [-0.15, -0.1) is 4.91 Å². The molecule has 6 rings (SSSR count). The van der Waals surface area contributed by atoms with Crippen LogP contribution in [0, 0.1) is 22.7 Å². The number of imidazole rings is 1. The number of likely N-dealkylation sites (tertiary alicyclic amines) is 1. The molecular weight excluding hydrogens is 532 g/mol. The Kier molecular flexibility index (Phi) is 7.24. The van der Waals surface area contributed by atoms with Gasteiger partial charge in [-0.1, -0.05) is 38.5 Å². The standard InChI is InChI=1S/C31H32N8O3/c1-18(2)16-23(37-42)31(41)39-17-21-6-5-7-22(21)26(39)29-36-25(27-28(32)34-14-15-38(27)29)19-9-11-20(12-10-19)30(40)35-24-8-3-4-13-33-24/h3-4,8-16,18,21-22,26H,5-7,17H2,1-2H3,(H2,32,34)(H,33,35,40)/b23-16+/t21?,22?,26-/m0/s1. The second-order valence-electron chi connectivity index (χ2n) is 11.2. The summed E-state index contributed by atoms with van der Waals surface area (Å²) in [5.41, 5.74) is 8.78. The Morgan fingerprint density at radius 2 is 1.90 bits per heavy atom. The average molecular weight is 565 g/mol. The Bertz CT molecular complexity index is 1680. The molecule has 2 fully saturated rings. The highest BCUT2D eigenvalue weighted by Crippen LogP contribution is 2.50. The van der Waals surface area contributed by atoms with Gasteiger partial charge in [0.1, 0.15) is 28.7 Å². The lowest BCUT2D eigenvalue weighted by Crippen LogP contribution is -2.34. The lowest BCUT2D eigenvalue weighted by atomic mass is 9.93. The summed E-state index contributed by atoms with van der Waals surface area (Å²) in [7, 11) is 0. The number of fused-ring (bicyclic) bond motifs is 2. The fraction of sp³-hybridized carbons (Fsp3) is 0.323. The number of benzene rings is 1. The van der Waals surface area contributed by atoms with E-state index >= 15 is 0 Å². The molecule has 0 spiro atoms. The van der Waals surface area contributed by atoms with Crippen molar-refractivity contribution in [3.8, 4) is 11.3 Å². The van der Waals surface area contributed by atoms with Gasteiger partial charge in [-0.25, -0.2) is 15.0 Å². The van der Waals surface area contributed by atoms with Crippen molar-refractivity contribution in [1.82, 2.24) is 24.3 Å². The number of pyridine rings is 1. The number of hydrogen-bond acceptors (Lipinski definition) is 8. The van der Waals surface area contributed by atoms with Gasteiger partial charge in [0.05, 0.1) is 6.04 Å². The van der Waals surface area contributed by atoms with Crippen LogP contribution < -0.4 is 11.1 Å². The first kappa shape index (κ1) is 27.3. The van der Waals surface area contributed by atoms with E-state index in [9.17, 15) is 14.5 Å². The third-order valence-corrected chi connectivity index (χ3v) is 8.16. The molecule has 2 unspecified atom stereocenters. The van der Waals surface area contributed by atoms with Gasteiger partial charge in [-0.05, 0) is 66.1 Å². The minimum absolute atomic E-state index is 0.000873. The van der Waals surface area contributed by atoms with E-state index in [1.807, 2.05) is 30.4 Å². The van der Waals surface area contributed by atoms with Gasteiger partial charge in [-0.3, -0.25) is 14.0 Å². The highest BCUT2D eigenvalue weighted by Gasteiger charge is 2.49. The summed E-state index contributed by atoms with van der Waals surface area (Å²) in [5.74, 6) is 1.30.